The number of carbonyl (C=O) groups is 1. The van der Waals surface area contributed by atoms with Crippen LogP contribution in [0.4, 0.5) is 17.3 Å². The monoisotopic (exact) mass is 534 g/mol. The van der Waals surface area contributed by atoms with Crippen LogP contribution in [0, 0.1) is 0 Å². The molecule has 2 aliphatic rings. The summed E-state index contributed by atoms with van der Waals surface area (Å²) in [6.45, 7) is 12.1. The lowest BCUT2D eigenvalue weighted by Gasteiger charge is -2.44. The van der Waals surface area contributed by atoms with Crippen molar-refractivity contribution in [2.75, 3.05) is 41.4 Å². The zero-order chi connectivity index (χ0) is 27.9. The molecule has 40 heavy (non-hydrogen) atoms. The largest absolute Gasteiger partial charge is 0.456 e. The fraction of sp³-hybridized carbons (Fsp3) is 0.281. The number of anilines is 3. The number of amides is 1. The van der Waals surface area contributed by atoms with Gasteiger partial charge in [-0.1, -0.05) is 30.3 Å². The number of benzene rings is 3. The van der Waals surface area contributed by atoms with Crippen molar-refractivity contribution in [2.45, 2.75) is 33.2 Å². The van der Waals surface area contributed by atoms with Gasteiger partial charge in [-0.15, -0.1) is 0 Å². The maximum absolute atomic E-state index is 14.2. The quantitative estimate of drug-likeness (QED) is 0.295. The molecule has 0 radical (unpaired) electrons. The molecule has 1 aromatic heterocycles. The first kappa shape index (κ1) is 25.7. The van der Waals surface area contributed by atoms with Gasteiger partial charge in [0.05, 0.1) is 0 Å². The van der Waals surface area contributed by atoms with E-state index in [0.29, 0.717) is 11.5 Å². The van der Waals surface area contributed by atoms with Crippen LogP contribution in [0.25, 0.3) is 0 Å². The van der Waals surface area contributed by atoms with Gasteiger partial charge < -0.3 is 14.5 Å². The van der Waals surface area contributed by atoms with Crippen LogP contribution in [0.1, 0.15) is 54.7 Å². The van der Waals surface area contributed by atoms with Gasteiger partial charge in [0.1, 0.15) is 17.0 Å². The summed E-state index contributed by atoms with van der Waals surface area (Å²) in [5.41, 5.74) is 7.72. The van der Waals surface area contributed by atoms with Crippen LogP contribution in [0.2, 0.25) is 0 Å². The predicted molar refractivity (Wildman–Crippen MR) is 158 cm³/mol. The first-order valence-electron chi connectivity index (χ1n) is 14.0. The van der Waals surface area contributed by atoms with Crippen LogP contribution in [0.3, 0.4) is 0 Å². The molecule has 0 saturated heterocycles. The summed E-state index contributed by atoms with van der Waals surface area (Å²) in [6.07, 6.45) is 3.32. The summed E-state index contributed by atoms with van der Waals surface area (Å²) in [4.78, 5) is 27.5. The van der Waals surface area contributed by atoms with Crippen LogP contribution < -0.4 is 20.0 Å². The first-order valence-corrected chi connectivity index (χ1v) is 14.0. The number of fused-ring (bicyclic) bond motifs is 6. The Bertz CT molecular complexity index is 1490. The number of ether oxygens (including phenoxy) is 1. The van der Waals surface area contributed by atoms with Gasteiger partial charge in [-0.2, -0.15) is 0 Å². The van der Waals surface area contributed by atoms with E-state index in [2.05, 4.69) is 89.3 Å². The topological polar surface area (TPSA) is 73.8 Å². The summed E-state index contributed by atoms with van der Waals surface area (Å²) in [5.74, 6) is 1.64. The summed E-state index contributed by atoms with van der Waals surface area (Å²) in [5, 5.41) is 1.68. The van der Waals surface area contributed by atoms with E-state index in [1.807, 2.05) is 24.3 Å². The molecule has 1 spiro atoms. The SMILES string of the molecule is CCN(CC)c1ccc2c(c1)Oc1cc(N(CC)CC)ccc1C21c2ccccc2C(=O)N1Nc1ncccn1. The van der Waals surface area contributed by atoms with Crippen LogP contribution in [0.5, 0.6) is 11.5 Å². The Morgan fingerprint density at radius 2 is 1.30 bits per heavy atom. The van der Waals surface area contributed by atoms with Crippen molar-refractivity contribution < 1.29 is 9.53 Å². The van der Waals surface area contributed by atoms with Crippen molar-refractivity contribution in [1.29, 1.82) is 0 Å². The van der Waals surface area contributed by atoms with Gasteiger partial charge in [-0.3, -0.25) is 10.2 Å². The zero-order valence-corrected chi connectivity index (χ0v) is 23.4. The number of nitrogens with zero attached hydrogens (tertiary/aromatic N) is 5. The van der Waals surface area contributed by atoms with Gasteiger partial charge in [0, 0.05) is 84.3 Å². The number of nitrogens with one attached hydrogen (secondary N) is 1. The highest BCUT2D eigenvalue weighted by atomic mass is 16.5. The minimum Gasteiger partial charge on any atom is -0.456 e. The number of aromatic nitrogens is 2. The van der Waals surface area contributed by atoms with E-state index in [1.165, 1.54) is 0 Å². The number of carbonyl (C=O) groups excluding carboxylic acids is 1. The second kappa shape index (κ2) is 10.2. The molecule has 1 amide bonds. The summed E-state index contributed by atoms with van der Waals surface area (Å²) >= 11 is 0. The molecule has 3 aromatic carbocycles. The second-order valence-electron chi connectivity index (χ2n) is 9.89. The minimum atomic E-state index is -1.00. The molecule has 3 heterocycles. The summed E-state index contributed by atoms with van der Waals surface area (Å²) in [6, 6.07) is 22.2. The van der Waals surface area contributed by atoms with Crippen molar-refractivity contribution in [3.05, 3.63) is 101 Å². The van der Waals surface area contributed by atoms with E-state index in [1.54, 1.807) is 23.5 Å². The Hall–Kier alpha value is -4.59. The molecule has 0 bridgehead atoms. The Balaban J connectivity index is 1.65. The molecule has 2 aliphatic heterocycles. The fourth-order valence-electron chi connectivity index (χ4n) is 6.12. The third-order valence-electron chi connectivity index (χ3n) is 8.05. The average molecular weight is 535 g/mol. The van der Waals surface area contributed by atoms with Crippen molar-refractivity contribution >= 4 is 23.2 Å². The standard InChI is InChI=1S/C32H34N6O2/c1-5-36(6-2)22-14-16-26-28(20-22)40-29-21-23(37(7-3)8-4)15-17-27(29)32(26)25-13-10-9-12-24(25)30(39)38(32)35-31-33-18-11-19-34-31/h9-21H,5-8H2,1-4H3,(H,33,34,35). The molecule has 204 valence electrons. The van der Waals surface area contributed by atoms with Gasteiger partial charge in [-0.05, 0) is 52.0 Å². The third-order valence-corrected chi connectivity index (χ3v) is 8.05. The van der Waals surface area contributed by atoms with E-state index < -0.39 is 5.54 Å². The molecular formula is C32H34N6O2. The van der Waals surface area contributed by atoms with Crippen LogP contribution in [-0.2, 0) is 5.54 Å². The third kappa shape index (κ3) is 3.78. The van der Waals surface area contributed by atoms with Crippen LogP contribution >= 0.6 is 0 Å². The van der Waals surface area contributed by atoms with E-state index >= 15 is 0 Å². The molecular weight excluding hydrogens is 500 g/mol. The minimum absolute atomic E-state index is 0.150. The fourth-order valence-corrected chi connectivity index (χ4v) is 6.12. The summed E-state index contributed by atoms with van der Waals surface area (Å²) < 4.78 is 6.72. The lowest BCUT2D eigenvalue weighted by Crippen LogP contribution is -2.50. The molecule has 4 aromatic rings. The molecule has 0 saturated carbocycles. The van der Waals surface area contributed by atoms with E-state index in [-0.39, 0.29) is 5.91 Å². The Morgan fingerprint density at radius 3 is 1.85 bits per heavy atom. The maximum atomic E-state index is 14.2. The number of rotatable bonds is 8. The molecule has 8 nitrogen and oxygen atoms in total. The van der Waals surface area contributed by atoms with Crippen molar-refractivity contribution in [2.24, 2.45) is 0 Å². The van der Waals surface area contributed by atoms with Gasteiger partial charge >= 0.3 is 0 Å². The lowest BCUT2D eigenvalue weighted by molar-refractivity contribution is 0.0722. The molecule has 0 unspecified atom stereocenters. The average Bonchev–Trinajstić information content (AvgIpc) is 3.23. The lowest BCUT2D eigenvalue weighted by atomic mass is 9.75. The second-order valence-corrected chi connectivity index (χ2v) is 9.89. The highest BCUT2D eigenvalue weighted by molar-refractivity contribution is 6.03. The van der Waals surface area contributed by atoms with Gasteiger partial charge in [0.15, 0.2) is 0 Å². The molecule has 6 rings (SSSR count). The maximum Gasteiger partial charge on any atom is 0.274 e. The molecule has 0 aliphatic carbocycles. The summed E-state index contributed by atoms with van der Waals surface area (Å²) in [7, 11) is 0. The van der Waals surface area contributed by atoms with Crippen LogP contribution in [-0.4, -0.2) is 47.1 Å². The van der Waals surface area contributed by atoms with Crippen molar-refractivity contribution in [1.82, 2.24) is 15.0 Å². The van der Waals surface area contributed by atoms with Gasteiger partial charge in [-0.25, -0.2) is 15.0 Å². The van der Waals surface area contributed by atoms with E-state index in [0.717, 1.165) is 65.7 Å². The number of hydrogen-bond donors (Lipinski definition) is 1. The smallest absolute Gasteiger partial charge is 0.274 e. The highest BCUT2D eigenvalue weighted by Crippen LogP contribution is 2.58. The van der Waals surface area contributed by atoms with Gasteiger partial charge in [0.25, 0.3) is 5.91 Å². The van der Waals surface area contributed by atoms with E-state index in [4.69, 9.17) is 4.74 Å². The Kier molecular flexibility index (Phi) is 6.54. The van der Waals surface area contributed by atoms with Crippen LogP contribution in [0.15, 0.2) is 79.1 Å². The number of hydrazine groups is 1. The molecule has 1 N–H and O–H groups in total. The van der Waals surface area contributed by atoms with E-state index in [9.17, 15) is 4.79 Å². The highest BCUT2D eigenvalue weighted by Gasteiger charge is 2.57. The Morgan fingerprint density at radius 1 is 0.750 bits per heavy atom. The predicted octanol–water partition coefficient (Wildman–Crippen LogP) is 6.05. The molecule has 0 fully saturated rings. The zero-order valence-electron chi connectivity index (χ0n) is 23.4. The van der Waals surface area contributed by atoms with Crippen molar-refractivity contribution in [3.8, 4) is 11.5 Å². The number of hydrogen-bond acceptors (Lipinski definition) is 7. The van der Waals surface area contributed by atoms with Gasteiger partial charge in [0.2, 0.25) is 5.95 Å². The normalized spacial score (nSPS) is 14.3. The molecule has 8 heteroatoms. The van der Waals surface area contributed by atoms with Crippen molar-refractivity contribution in [3.63, 3.8) is 0 Å². The first-order chi connectivity index (χ1) is 19.6. The Labute approximate surface area is 235 Å². The molecule has 0 atom stereocenters.